The molecule has 0 fully saturated rings. The van der Waals surface area contributed by atoms with Gasteiger partial charge >= 0.3 is 6.18 Å². The van der Waals surface area contributed by atoms with E-state index >= 15 is 0 Å². The molecule has 0 aliphatic carbocycles. The van der Waals surface area contributed by atoms with Gasteiger partial charge in [0.2, 0.25) is 5.76 Å². The third kappa shape index (κ3) is 2.41. The number of nitrogens with zero attached hydrogens (tertiary/aromatic N) is 1. The predicted molar refractivity (Wildman–Crippen MR) is 56.5 cm³/mol. The molecule has 3 nitrogen and oxygen atoms in total. The van der Waals surface area contributed by atoms with E-state index in [1.54, 1.807) is 31.3 Å². The molecule has 0 radical (unpaired) electrons. The van der Waals surface area contributed by atoms with Crippen LogP contribution in [0.5, 0.6) is 0 Å². The largest absolute Gasteiger partial charge is 0.452 e. The quantitative estimate of drug-likeness (QED) is 0.877. The molecule has 0 aliphatic rings. The molecule has 90 valence electrons. The molecule has 6 heteroatoms. The zero-order valence-electron chi connectivity index (χ0n) is 8.88. The Morgan fingerprint density at radius 1 is 1.18 bits per heavy atom. The smallest absolute Gasteiger partial charge is 0.388 e. The molecule has 0 unspecified atom stereocenters. The van der Waals surface area contributed by atoms with E-state index in [1.807, 2.05) is 0 Å². The van der Waals surface area contributed by atoms with Crippen molar-refractivity contribution in [2.75, 3.05) is 12.4 Å². The van der Waals surface area contributed by atoms with Crippen LogP contribution >= 0.6 is 0 Å². The van der Waals surface area contributed by atoms with Gasteiger partial charge in [0.05, 0.1) is 0 Å². The molecule has 2 aromatic rings. The maximum Gasteiger partial charge on any atom is 0.452 e. The normalized spacial score (nSPS) is 11.5. The molecule has 0 amide bonds. The molecule has 17 heavy (non-hydrogen) atoms. The van der Waals surface area contributed by atoms with Crippen LogP contribution in [0.25, 0.3) is 11.3 Å². The zero-order valence-corrected chi connectivity index (χ0v) is 8.88. The highest BCUT2D eigenvalue weighted by Gasteiger charge is 2.36. The number of aromatic nitrogens is 1. The number of alkyl halides is 3. The van der Waals surface area contributed by atoms with E-state index < -0.39 is 11.9 Å². The first-order chi connectivity index (χ1) is 8.00. The first kappa shape index (κ1) is 11.5. The number of benzene rings is 1. The summed E-state index contributed by atoms with van der Waals surface area (Å²) in [6.07, 6.45) is -4.50. The minimum absolute atomic E-state index is 0.167. The van der Waals surface area contributed by atoms with Crippen molar-refractivity contribution in [3.8, 4) is 11.3 Å². The summed E-state index contributed by atoms with van der Waals surface area (Å²) >= 11 is 0. The lowest BCUT2D eigenvalue weighted by Crippen LogP contribution is -2.02. The number of rotatable bonds is 2. The maximum atomic E-state index is 12.3. The summed E-state index contributed by atoms with van der Waals surface area (Å²) in [6.45, 7) is 0. The number of hydrogen-bond donors (Lipinski definition) is 1. The lowest BCUT2D eigenvalue weighted by Gasteiger charge is -2.00. The van der Waals surface area contributed by atoms with Crippen LogP contribution in [0.3, 0.4) is 0 Å². The average Bonchev–Trinajstić information content (AvgIpc) is 2.78. The van der Waals surface area contributed by atoms with Crippen LogP contribution in [0, 0.1) is 0 Å². The van der Waals surface area contributed by atoms with Crippen LogP contribution in [-0.2, 0) is 6.18 Å². The van der Waals surface area contributed by atoms with Crippen molar-refractivity contribution in [2.24, 2.45) is 0 Å². The molecule has 1 heterocycles. The Morgan fingerprint density at radius 3 is 2.29 bits per heavy atom. The van der Waals surface area contributed by atoms with E-state index in [0.29, 0.717) is 5.56 Å². The first-order valence-corrected chi connectivity index (χ1v) is 4.83. The van der Waals surface area contributed by atoms with Crippen molar-refractivity contribution >= 4 is 5.69 Å². The topological polar surface area (TPSA) is 38.1 Å². The number of halogens is 3. The van der Waals surface area contributed by atoms with Crippen LogP contribution in [0.15, 0.2) is 34.9 Å². The molecule has 0 aliphatic heterocycles. The van der Waals surface area contributed by atoms with Gasteiger partial charge in [0, 0.05) is 24.4 Å². The summed E-state index contributed by atoms with van der Waals surface area (Å²) in [5, 5.41) is 6.30. The number of hydrogen-bond acceptors (Lipinski definition) is 3. The van der Waals surface area contributed by atoms with Crippen LogP contribution in [0.1, 0.15) is 5.76 Å². The van der Waals surface area contributed by atoms with Crippen molar-refractivity contribution in [3.63, 3.8) is 0 Å². The fraction of sp³-hybridized carbons (Fsp3) is 0.182. The van der Waals surface area contributed by atoms with Crippen molar-refractivity contribution in [1.29, 1.82) is 0 Å². The van der Waals surface area contributed by atoms with Crippen LogP contribution in [0.4, 0.5) is 18.9 Å². The van der Waals surface area contributed by atoms with E-state index in [-0.39, 0.29) is 5.69 Å². The first-order valence-electron chi connectivity index (χ1n) is 4.83. The van der Waals surface area contributed by atoms with Crippen molar-refractivity contribution < 1.29 is 17.7 Å². The molecule has 2 rings (SSSR count). The van der Waals surface area contributed by atoms with E-state index in [2.05, 4.69) is 15.0 Å². The highest BCUT2D eigenvalue weighted by Crippen LogP contribution is 2.32. The standard InChI is InChI=1S/C11H9F3N2O/c1-15-8-4-2-7(3-5-8)9-6-10(17-16-9)11(12,13)14/h2-6,15H,1H3. The molecule has 0 spiro atoms. The second-order valence-corrected chi connectivity index (χ2v) is 3.40. The minimum atomic E-state index is -4.50. The van der Waals surface area contributed by atoms with Crippen molar-refractivity contribution in [2.45, 2.75) is 6.18 Å². The van der Waals surface area contributed by atoms with Crippen molar-refractivity contribution in [1.82, 2.24) is 5.16 Å². The predicted octanol–water partition coefficient (Wildman–Crippen LogP) is 3.40. The summed E-state index contributed by atoms with van der Waals surface area (Å²) in [7, 11) is 1.76. The van der Waals surface area contributed by atoms with Gasteiger partial charge < -0.3 is 9.84 Å². The third-order valence-corrected chi connectivity index (χ3v) is 2.26. The van der Waals surface area contributed by atoms with Crippen LogP contribution in [-0.4, -0.2) is 12.2 Å². The zero-order chi connectivity index (χ0) is 12.5. The molecule has 0 bridgehead atoms. The summed E-state index contributed by atoms with van der Waals surface area (Å²) < 4.78 is 41.1. The Kier molecular flexibility index (Phi) is 2.79. The second-order valence-electron chi connectivity index (χ2n) is 3.40. The fourth-order valence-electron chi connectivity index (χ4n) is 1.35. The number of anilines is 1. The molecule has 0 saturated carbocycles. The lowest BCUT2D eigenvalue weighted by molar-refractivity contribution is -0.155. The third-order valence-electron chi connectivity index (χ3n) is 2.26. The average molecular weight is 242 g/mol. The Hall–Kier alpha value is -1.98. The van der Waals surface area contributed by atoms with Crippen LogP contribution in [0.2, 0.25) is 0 Å². The van der Waals surface area contributed by atoms with Gasteiger partial charge in [0.15, 0.2) is 0 Å². The molecule has 0 atom stereocenters. The van der Waals surface area contributed by atoms with Gasteiger partial charge in [-0.1, -0.05) is 17.3 Å². The Morgan fingerprint density at radius 2 is 1.82 bits per heavy atom. The monoisotopic (exact) mass is 242 g/mol. The minimum Gasteiger partial charge on any atom is -0.388 e. The highest BCUT2D eigenvalue weighted by atomic mass is 19.4. The van der Waals surface area contributed by atoms with Gasteiger partial charge in [-0.05, 0) is 12.1 Å². The molecule has 1 N–H and O–H groups in total. The van der Waals surface area contributed by atoms with E-state index in [9.17, 15) is 13.2 Å². The summed E-state index contributed by atoms with van der Waals surface area (Å²) in [4.78, 5) is 0. The maximum absolute atomic E-state index is 12.3. The Bertz CT molecular complexity index is 502. The van der Waals surface area contributed by atoms with E-state index in [0.717, 1.165) is 11.8 Å². The summed E-state index contributed by atoms with van der Waals surface area (Å²) in [6, 6.07) is 7.72. The van der Waals surface area contributed by atoms with Crippen LogP contribution < -0.4 is 5.32 Å². The van der Waals surface area contributed by atoms with E-state index in [4.69, 9.17) is 0 Å². The van der Waals surface area contributed by atoms with Gasteiger partial charge in [-0.25, -0.2) is 0 Å². The van der Waals surface area contributed by atoms with Gasteiger partial charge in [0.25, 0.3) is 0 Å². The van der Waals surface area contributed by atoms with Gasteiger partial charge in [-0.15, -0.1) is 0 Å². The molecular formula is C11H9F3N2O. The second kappa shape index (κ2) is 4.12. The molecular weight excluding hydrogens is 233 g/mol. The molecule has 1 aromatic carbocycles. The Balaban J connectivity index is 2.30. The van der Waals surface area contributed by atoms with Gasteiger partial charge in [-0.3, -0.25) is 0 Å². The van der Waals surface area contributed by atoms with Gasteiger partial charge in [-0.2, -0.15) is 13.2 Å². The molecule has 0 saturated heterocycles. The van der Waals surface area contributed by atoms with Gasteiger partial charge in [0.1, 0.15) is 5.69 Å². The SMILES string of the molecule is CNc1ccc(-c2cc(C(F)(F)F)on2)cc1. The lowest BCUT2D eigenvalue weighted by atomic mass is 10.1. The summed E-state index contributed by atoms with van der Waals surface area (Å²) in [5.41, 5.74) is 1.61. The fourth-order valence-corrected chi connectivity index (χ4v) is 1.35. The summed E-state index contributed by atoms with van der Waals surface area (Å²) in [5.74, 6) is -1.09. The molecule has 1 aromatic heterocycles. The Labute approximate surface area is 95.2 Å². The van der Waals surface area contributed by atoms with Crippen molar-refractivity contribution in [3.05, 3.63) is 36.1 Å². The van der Waals surface area contributed by atoms with E-state index in [1.165, 1.54) is 0 Å². The highest BCUT2D eigenvalue weighted by molar-refractivity contribution is 5.62. The number of nitrogens with one attached hydrogen (secondary N) is 1.